The highest BCUT2D eigenvalue weighted by Crippen LogP contribution is 2.07. The molecule has 2 heterocycles. The van der Waals surface area contributed by atoms with Crippen LogP contribution in [0.1, 0.15) is 16.8 Å². The zero-order valence-electron chi connectivity index (χ0n) is 11.5. The summed E-state index contributed by atoms with van der Waals surface area (Å²) in [5, 5.41) is 12.1. The van der Waals surface area contributed by atoms with E-state index in [1.54, 1.807) is 13.3 Å². The Bertz CT molecular complexity index is 586. The van der Waals surface area contributed by atoms with Gasteiger partial charge in [0.15, 0.2) is 0 Å². The number of nitrogens with one attached hydrogen (secondary N) is 1. The van der Waals surface area contributed by atoms with E-state index in [4.69, 9.17) is 10.00 Å². The van der Waals surface area contributed by atoms with Gasteiger partial charge in [-0.05, 0) is 29.3 Å². The summed E-state index contributed by atoms with van der Waals surface area (Å²) >= 11 is 0. The first-order valence-electron chi connectivity index (χ1n) is 6.51. The molecule has 2 aromatic rings. The minimum atomic E-state index is 0.455. The minimum absolute atomic E-state index is 0.455. The van der Waals surface area contributed by atoms with E-state index in [-0.39, 0.29) is 0 Å². The molecule has 0 atom stereocenters. The van der Waals surface area contributed by atoms with Crippen LogP contribution in [0.15, 0.2) is 36.8 Å². The normalized spacial score (nSPS) is 10.4. The fourth-order valence-electron chi connectivity index (χ4n) is 1.95. The first-order valence-corrected chi connectivity index (χ1v) is 6.51. The van der Waals surface area contributed by atoms with E-state index in [2.05, 4.69) is 33.2 Å². The number of pyridine rings is 1. The first kappa shape index (κ1) is 14.3. The molecule has 0 amide bonds. The van der Waals surface area contributed by atoms with Crippen LogP contribution in [0, 0.1) is 11.3 Å². The van der Waals surface area contributed by atoms with E-state index < -0.39 is 0 Å². The summed E-state index contributed by atoms with van der Waals surface area (Å²) in [7, 11) is 1.70. The monoisotopic (exact) mass is 270 g/mol. The Morgan fingerprint density at radius 1 is 1.40 bits per heavy atom. The predicted molar refractivity (Wildman–Crippen MR) is 76.1 cm³/mol. The van der Waals surface area contributed by atoms with Crippen LogP contribution in [0.2, 0.25) is 0 Å². The summed E-state index contributed by atoms with van der Waals surface area (Å²) in [5.41, 5.74) is 2.76. The maximum Gasteiger partial charge on any atom is 0.140 e. The number of nitrogens with zero attached hydrogens (tertiary/aromatic N) is 3. The van der Waals surface area contributed by atoms with E-state index in [9.17, 15) is 0 Å². The maximum atomic E-state index is 8.84. The van der Waals surface area contributed by atoms with Crippen LogP contribution >= 0.6 is 0 Å². The second-order valence-electron chi connectivity index (χ2n) is 4.52. The fraction of sp³-hybridized carbons (Fsp3) is 0.333. The van der Waals surface area contributed by atoms with Crippen molar-refractivity contribution in [3.05, 3.63) is 53.6 Å². The Morgan fingerprint density at radius 3 is 3.10 bits per heavy atom. The van der Waals surface area contributed by atoms with Crippen LogP contribution in [0.3, 0.4) is 0 Å². The van der Waals surface area contributed by atoms with Crippen LogP contribution in [-0.2, 0) is 17.8 Å². The molecule has 0 fully saturated rings. The van der Waals surface area contributed by atoms with Crippen LogP contribution in [0.25, 0.3) is 0 Å². The lowest BCUT2D eigenvalue weighted by molar-refractivity contribution is 0.199. The Hall–Kier alpha value is -2.16. The van der Waals surface area contributed by atoms with Crippen molar-refractivity contribution in [2.45, 2.75) is 13.1 Å². The zero-order valence-corrected chi connectivity index (χ0v) is 11.5. The van der Waals surface area contributed by atoms with Crippen molar-refractivity contribution >= 4 is 0 Å². The van der Waals surface area contributed by atoms with Crippen molar-refractivity contribution in [2.75, 3.05) is 20.3 Å². The quantitative estimate of drug-likeness (QED) is 0.775. The molecule has 0 aliphatic rings. The van der Waals surface area contributed by atoms with Gasteiger partial charge in [0.05, 0.1) is 6.61 Å². The number of hydrogen-bond donors (Lipinski definition) is 1. The molecule has 0 radical (unpaired) electrons. The van der Waals surface area contributed by atoms with E-state index >= 15 is 0 Å². The molecule has 1 N–H and O–H groups in total. The predicted octanol–water partition coefficient (Wildman–Crippen LogP) is 1.54. The van der Waals surface area contributed by atoms with Gasteiger partial charge in [0.25, 0.3) is 0 Å². The van der Waals surface area contributed by atoms with Gasteiger partial charge in [0.2, 0.25) is 0 Å². The fourth-order valence-corrected chi connectivity index (χ4v) is 1.95. The maximum absolute atomic E-state index is 8.84. The van der Waals surface area contributed by atoms with Crippen LogP contribution < -0.4 is 5.32 Å². The zero-order chi connectivity index (χ0) is 14.2. The number of rotatable bonds is 7. The third-order valence-electron chi connectivity index (χ3n) is 2.93. The average molecular weight is 270 g/mol. The molecule has 20 heavy (non-hydrogen) atoms. The van der Waals surface area contributed by atoms with Gasteiger partial charge < -0.3 is 14.6 Å². The molecular formula is C15H18N4O. The molecule has 2 aromatic heterocycles. The highest BCUT2D eigenvalue weighted by molar-refractivity contribution is 5.26. The Morgan fingerprint density at radius 2 is 2.30 bits per heavy atom. The summed E-state index contributed by atoms with van der Waals surface area (Å²) in [5.74, 6) is 0. The Kier molecular flexibility index (Phi) is 5.30. The molecule has 0 unspecified atom stereocenters. The van der Waals surface area contributed by atoms with E-state index in [0.29, 0.717) is 12.3 Å². The summed E-state index contributed by atoms with van der Waals surface area (Å²) in [6.45, 7) is 3.14. The molecule has 5 heteroatoms. The van der Waals surface area contributed by atoms with Crippen LogP contribution in [-0.4, -0.2) is 29.8 Å². The third kappa shape index (κ3) is 4.19. The van der Waals surface area contributed by atoms with E-state index in [1.165, 1.54) is 5.56 Å². The molecule has 0 saturated heterocycles. The molecule has 0 aromatic carbocycles. The van der Waals surface area contributed by atoms with Gasteiger partial charge in [-0.15, -0.1) is 0 Å². The van der Waals surface area contributed by atoms with Gasteiger partial charge in [-0.2, -0.15) is 5.26 Å². The smallest absolute Gasteiger partial charge is 0.140 e. The van der Waals surface area contributed by atoms with Crippen molar-refractivity contribution < 1.29 is 4.74 Å². The summed E-state index contributed by atoms with van der Waals surface area (Å²) in [6.07, 6.45) is 5.82. The molecule has 104 valence electrons. The summed E-state index contributed by atoms with van der Waals surface area (Å²) in [4.78, 5) is 3.97. The lowest BCUT2D eigenvalue weighted by atomic mass is 10.2. The van der Waals surface area contributed by atoms with Crippen molar-refractivity contribution in [1.82, 2.24) is 14.9 Å². The molecule has 2 rings (SSSR count). The van der Waals surface area contributed by atoms with Crippen molar-refractivity contribution in [3.8, 4) is 6.07 Å². The SMILES string of the molecule is COCCNCc1ccn(Cc2ccnc(C#N)c2)c1. The minimum Gasteiger partial charge on any atom is -0.383 e. The highest BCUT2D eigenvalue weighted by atomic mass is 16.5. The number of hydrogen-bond acceptors (Lipinski definition) is 4. The van der Waals surface area contributed by atoms with Gasteiger partial charge in [-0.1, -0.05) is 0 Å². The van der Waals surface area contributed by atoms with Gasteiger partial charge in [-0.25, -0.2) is 4.98 Å². The number of methoxy groups -OCH3 is 1. The largest absolute Gasteiger partial charge is 0.383 e. The summed E-state index contributed by atoms with van der Waals surface area (Å²) in [6, 6.07) is 7.89. The molecular weight excluding hydrogens is 252 g/mol. The second-order valence-corrected chi connectivity index (χ2v) is 4.52. The third-order valence-corrected chi connectivity index (χ3v) is 2.93. The standard InChI is InChI=1S/C15H18N4O/c1-20-7-5-17-10-14-3-6-19(12-14)11-13-2-4-18-15(8-13)9-16/h2-4,6,8,12,17H,5,7,10-11H2,1H3. The molecule has 0 aliphatic carbocycles. The van der Waals surface area contributed by atoms with Gasteiger partial charge in [-0.3, -0.25) is 0 Å². The van der Waals surface area contributed by atoms with Crippen LogP contribution in [0.4, 0.5) is 0 Å². The molecule has 0 bridgehead atoms. The number of ether oxygens (including phenoxy) is 1. The second kappa shape index (κ2) is 7.43. The topological polar surface area (TPSA) is 62.9 Å². The first-order chi connectivity index (χ1) is 9.81. The lowest BCUT2D eigenvalue weighted by Gasteiger charge is -2.04. The van der Waals surface area contributed by atoms with E-state index in [1.807, 2.05) is 18.3 Å². The van der Waals surface area contributed by atoms with Gasteiger partial charge in [0, 0.05) is 45.3 Å². The van der Waals surface area contributed by atoms with Crippen molar-refractivity contribution in [2.24, 2.45) is 0 Å². The van der Waals surface area contributed by atoms with Crippen molar-refractivity contribution in [3.63, 3.8) is 0 Å². The average Bonchev–Trinajstić information content (AvgIpc) is 2.91. The summed E-state index contributed by atoms with van der Waals surface area (Å²) < 4.78 is 7.09. The molecule has 0 saturated carbocycles. The van der Waals surface area contributed by atoms with E-state index in [0.717, 1.165) is 25.2 Å². The number of aromatic nitrogens is 2. The van der Waals surface area contributed by atoms with Crippen molar-refractivity contribution in [1.29, 1.82) is 5.26 Å². The van der Waals surface area contributed by atoms with Crippen LogP contribution in [0.5, 0.6) is 0 Å². The Balaban J connectivity index is 1.90. The molecule has 0 aliphatic heterocycles. The Labute approximate surface area is 118 Å². The lowest BCUT2D eigenvalue weighted by Crippen LogP contribution is -2.18. The van der Waals surface area contributed by atoms with Gasteiger partial charge >= 0.3 is 0 Å². The molecule has 0 spiro atoms. The number of nitriles is 1. The van der Waals surface area contributed by atoms with Gasteiger partial charge in [0.1, 0.15) is 11.8 Å². The molecule has 5 nitrogen and oxygen atoms in total. The highest BCUT2D eigenvalue weighted by Gasteiger charge is 2.00.